The molecule has 0 heterocycles. The molecular weight excluding hydrogens is 368 g/mol. The first-order chi connectivity index (χ1) is 13.9. The van der Waals surface area contributed by atoms with E-state index >= 15 is 0 Å². The molecule has 160 valence electrons. The molecule has 0 aliphatic rings. The van der Waals surface area contributed by atoms with Gasteiger partial charge in [-0.1, -0.05) is 36.4 Å². The molecule has 6 heteroatoms. The zero-order valence-electron chi connectivity index (χ0n) is 17.8. The number of para-hydroxylation sites is 2. The second-order valence-corrected chi connectivity index (χ2v) is 7.61. The number of hydrogen-bond donors (Lipinski definition) is 4. The molecule has 0 aliphatic carbocycles. The van der Waals surface area contributed by atoms with Crippen LogP contribution in [-0.4, -0.2) is 41.3 Å². The van der Waals surface area contributed by atoms with E-state index in [0.29, 0.717) is 19.6 Å². The molecule has 0 fully saturated rings. The molecule has 0 amide bonds. The van der Waals surface area contributed by atoms with Crippen molar-refractivity contribution in [2.45, 2.75) is 65.3 Å². The predicted molar refractivity (Wildman–Crippen MR) is 115 cm³/mol. The summed E-state index contributed by atoms with van der Waals surface area (Å²) in [5, 5.41) is 26.9. The molecule has 6 nitrogen and oxygen atoms in total. The van der Waals surface area contributed by atoms with Crippen LogP contribution in [0.1, 0.15) is 38.8 Å². The molecule has 4 N–H and O–H groups in total. The highest BCUT2D eigenvalue weighted by molar-refractivity contribution is 5.32. The number of benzene rings is 2. The minimum Gasteiger partial charge on any atom is -0.508 e. The fraction of sp³-hybridized carbons (Fsp3) is 0.478. The molecule has 0 saturated heterocycles. The number of phenolic OH excluding ortho intramolecular Hbond substituents is 2. The lowest BCUT2D eigenvalue weighted by molar-refractivity contribution is -0.195. The summed E-state index contributed by atoms with van der Waals surface area (Å²) < 4.78 is 12.1. The van der Waals surface area contributed by atoms with Crippen molar-refractivity contribution in [2.75, 3.05) is 6.54 Å². The van der Waals surface area contributed by atoms with Crippen molar-refractivity contribution in [2.24, 2.45) is 0 Å². The van der Waals surface area contributed by atoms with E-state index in [0.717, 1.165) is 11.1 Å². The van der Waals surface area contributed by atoms with E-state index in [1.165, 1.54) is 0 Å². The average molecular weight is 403 g/mol. The molecule has 2 rings (SSSR count). The minimum absolute atomic E-state index is 0.00588. The highest BCUT2D eigenvalue weighted by Gasteiger charge is 2.25. The van der Waals surface area contributed by atoms with Gasteiger partial charge in [-0.15, -0.1) is 0 Å². The van der Waals surface area contributed by atoms with Crippen molar-refractivity contribution >= 4 is 0 Å². The maximum absolute atomic E-state index is 10.1. The number of rotatable bonds is 12. The Morgan fingerprint density at radius 1 is 0.759 bits per heavy atom. The molecule has 29 heavy (non-hydrogen) atoms. The van der Waals surface area contributed by atoms with Gasteiger partial charge >= 0.3 is 0 Å². The Morgan fingerprint density at radius 2 is 1.24 bits per heavy atom. The zero-order valence-corrected chi connectivity index (χ0v) is 17.8. The van der Waals surface area contributed by atoms with Crippen molar-refractivity contribution in [1.29, 1.82) is 0 Å². The Balaban J connectivity index is 2.07. The Kier molecular flexibility index (Phi) is 9.41. The number of nitrogens with one attached hydrogen (secondary N) is 2. The third-order valence-electron chi connectivity index (χ3n) is 4.36. The quantitative estimate of drug-likeness (QED) is 0.407. The third kappa shape index (κ3) is 8.03. The van der Waals surface area contributed by atoms with E-state index in [2.05, 4.69) is 10.6 Å². The lowest BCUT2D eigenvalue weighted by Gasteiger charge is -2.31. The van der Waals surface area contributed by atoms with Crippen LogP contribution in [0, 0.1) is 0 Å². The largest absolute Gasteiger partial charge is 0.508 e. The van der Waals surface area contributed by atoms with Gasteiger partial charge in [0.05, 0.1) is 18.2 Å². The van der Waals surface area contributed by atoms with Crippen LogP contribution in [-0.2, 0) is 22.6 Å². The third-order valence-corrected chi connectivity index (χ3v) is 4.36. The van der Waals surface area contributed by atoms with Gasteiger partial charge in [0.25, 0.3) is 0 Å². The van der Waals surface area contributed by atoms with Gasteiger partial charge in [-0.25, -0.2) is 0 Å². The summed E-state index contributed by atoms with van der Waals surface area (Å²) >= 11 is 0. The molecule has 0 radical (unpaired) electrons. The number of phenols is 2. The normalized spacial score (nSPS) is 12.8. The van der Waals surface area contributed by atoms with Crippen molar-refractivity contribution in [3.63, 3.8) is 0 Å². The zero-order chi connectivity index (χ0) is 21.2. The van der Waals surface area contributed by atoms with E-state index in [4.69, 9.17) is 9.47 Å². The Hall–Kier alpha value is -2.12. The maximum Gasteiger partial charge on any atom is 0.174 e. The summed E-state index contributed by atoms with van der Waals surface area (Å²) in [6, 6.07) is 14.4. The summed E-state index contributed by atoms with van der Waals surface area (Å²) in [6.07, 6.45) is -0.449. The fourth-order valence-corrected chi connectivity index (χ4v) is 2.95. The maximum atomic E-state index is 10.1. The van der Waals surface area contributed by atoms with Crippen molar-refractivity contribution < 1.29 is 19.7 Å². The molecule has 0 aromatic heterocycles. The summed E-state index contributed by atoms with van der Waals surface area (Å²) in [5.74, 6) is 0.527. The first kappa shape index (κ1) is 23.2. The molecule has 0 saturated carbocycles. The van der Waals surface area contributed by atoms with Gasteiger partial charge in [0, 0.05) is 30.8 Å². The van der Waals surface area contributed by atoms with Gasteiger partial charge in [0.2, 0.25) is 0 Å². The molecule has 1 unspecified atom stereocenters. The highest BCUT2D eigenvalue weighted by Crippen LogP contribution is 2.17. The van der Waals surface area contributed by atoms with E-state index in [1.807, 2.05) is 52.0 Å². The molecule has 2 aromatic rings. The minimum atomic E-state index is -0.460. The van der Waals surface area contributed by atoms with Crippen LogP contribution in [0.2, 0.25) is 0 Å². The average Bonchev–Trinajstić information content (AvgIpc) is 2.66. The Bertz CT molecular complexity index is 726. The molecule has 0 spiro atoms. The van der Waals surface area contributed by atoms with Gasteiger partial charge in [-0.3, -0.25) is 0 Å². The van der Waals surface area contributed by atoms with E-state index in [-0.39, 0.29) is 29.7 Å². The van der Waals surface area contributed by atoms with E-state index in [1.54, 1.807) is 24.3 Å². The molecule has 2 aromatic carbocycles. The SMILES string of the molecule is CC(C)OC(OC(C)C)C(CNCc1ccccc1O)NCc1ccccc1O. The second kappa shape index (κ2) is 11.8. The van der Waals surface area contributed by atoms with Crippen molar-refractivity contribution in [1.82, 2.24) is 10.6 Å². The van der Waals surface area contributed by atoms with Crippen LogP contribution in [0.3, 0.4) is 0 Å². The fourth-order valence-electron chi connectivity index (χ4n) is 2.95. The number of hydrogen-bond acceptors (Lipinski definition) is 6. The summed E-state index contributed by atoms with van der Waals surface area (Å²) in [4.78, 5) is 0. The van der Waals surface area contributed by atoms with Crippen molar-refractivity contribution in [3.05, 3.63) is 59.7 Å². The summed E-state index contributed by atoms with van der Waals surface area (Å²) in [5.41, 5.74) is 1.64. The molecule has 0 aliphatic heterocycles. The lowest BCUT2D eigenvalue weighted by Crippen LogP contribution is -2.50. The summed E-state index contributed by atoms with van der Waals surface area (Å²) in [6.45, 7) is 9.48. The van der Waals surface area contributed by atoms with Gasteiger partial charge < -0.3 is 30.3 Å². The first-order valence-corrected chi connectivity index (χ1v) is 10.2. The number of aromatic hydroxyl groups is 2. The monoisotopic (exact) mass is 402 g/mol. The molecule has 1 atom stereocenters. The number of ether oxygens (including phenoxy) is 2. The van der Waals surface area contributed by atoms with E-state index in [9.17, 15) is 10.2 Å². The van der Waals surface area contributed by atoms with Crippen LogP contribution < -0.4 is 10.6 Å². The van der Waals surface area contributed by atoms with Crippen LogP contribution >= 0.6 is 0 Å². The smallest absolute Gasteiger partial charge is 0.174 e. The molecular formula is C23H34N2O4. The topological polar surface area (TPSA) is 83.0 Å². The Labute approximate surface area is 173 Å². The highest BCUT2D eigenvalue weighted by atomic mass is 16.7. The van der Waals surface area contributed by atoms with E-state index < -0.39 is 6.29 Å². The standard InChI is InChI=1S/C23H34N2O4/c1-16(2)28-23(29-17(3)4)20(25-14-19-10-6-8-12-22(19)27)15-24-13-18-9-5-7-11-21(18)26/h5-12,16-17,20,23-27H,13-15H2,1-4H3. The predicted octanol–water partition coefficient (Wildman–Crippen LogP) is 3.52. The van der Waals surface area contributed by atoms with Crippen LogP contribution in [0.15, 0.2) is 48.5 Å². The first-order valence-electron chi connectivity index (χ1n) is 10.2. The van der Waals surface area contributed by atoms with Gasteiger partial charge in [-0.2, -0.15) is 0 Å². The lowest BCUT2D eigenvalue weighted by atomic mass is 10.1. The Morgan fingerprint density at radius 3 is 1.72 bits per heavy atom. The van der Waals surface area contributed by atoms with Gasteiger partial charge in [0.15, 0.2) is 6.29 Å². The second-order valence-electron chi connectivity index (χ2n) is 7.61. The molecule has 0 bridgehead atoms. The van der Waals surface area contributed by atoms with Gasteiger partial charge in [0.1, 0.15) is 11.5 Å². The summed E-state index contributed by atoms with van der Waals surface area (Å²) in [7, 11) is 0. The van der Waals surface area contributed by atoms with Crippen molar-refractivity contribution in [3.8, 4) is 11.5 Å². The van der Waals surface area contributed by atoms with Crippen LogP contribution in [0.25, 0.3) is 0 Å². The van der Waals surface area contributed by atoms with Crippen LogP contribution in [0.5, 0.6) is 11.5 Å². The van der Waals surface area contributed by atoms with Crippen LogP contribution in [0.4, 0.5) is 0 Å². The van der Waals surface area contributed by atoms with Gasteiger partial charge in [-0.05, 0) is 39.8 Å².